The Morgan fingerprint density at radius 3 is 2.00 bits per heavy atom. The molecule has 0 aromatic rings. The van der Waals surface area contributed by atoms with Crippen LogP contribution in [-0.2, 0) is 9.53 Å². The Morgan fingerprint density at radius 2 is 1.75 bits per heavy atom. The van der Waals surface area contributed by atoms with Gasteiger partial charge in [-0.05, 0) is 0 Å². The molecule has 1 fully saturated rings. The Bertz CT molecular complexity index is 74.5. The van der Waals surface area contributed by atoms with Crippen molar-refractivity contribution in [3.63, 3.8) is 0 Å². The predicted octanol–water partition coefficient (Wildman–Crippen LogP) is -0.283. The molecule has 0 saturated carbocycles. The molecule has 0 atom stereocenters. The van der Waals surface area contributed by atoms with E-state index in [1.54, 1.807) is 0 Å². The van der Waals surface area contributed by atoms with Gasteiger partial charge in [0, 0.05) is 12.8 Å². The van der Waals surface area contributed by atoms with Gasteiger partial charge >= 0.3 is 29.6 Å². The maximum atomic E-state index is 10.4. The fraction of sp³-hybridized carbons (Fsp3) is 0.800. The van der Waals surface area contributed by atoms with E-state index in [1.807, 2.05) is 0 Å². The third-order valence-corrected chi connectivity index (χ3v) is 1.05. The molecular formula is C5H9NaO2. The quantitative estimate of drug-likeness (QED) is 0.415. The van der Waals surface area contributed by atoms with E-state index in [9.17, 15) is 4.79 Å². The molecule has 0 aromatic carbocycles. The summed E-state index contributed by atoms with van der Waals surface area (Å²) >= 11 is 0. The molecule has 8 heavy (non-hydrogen) atoms. The fourth-order valence-electron chi connectivity index (χ4n) is 0.599. The van der Waals surface area contributed by atoms with Gasteiger partial charge in [-0.25, -0.2) is 0 Å². The Kier molecular flexibility index (Phi) is 4.86. The third kappa shape index (κ3) is 2.82. The van der Waals surface area contributed by atoms with E-state index in [4.69, 9.17) is 4.74 Å². The molecule has 1 heterocycles. The van der Waals surface area contributed by atoms with E-state index in [-0.39, 0.29) is 29.6 Å². The molecule has 0 aromatic heterocycles. The van der Waals surface area contributed by atoms with E-state index >= 15 is 0 Å². The van der Waals surface area contributed by atoms with Crippen molar-refractivity contribution in [1.82, 2.24) is 0 Å². The van der Waals surface area contributed by atoms with Crippen molar-refractivity contribution in [2.75, 3.05) is 13.2 Å². The van der Waals surface area contributed by atoms with Gasteiger partial charge in [0.1, 0.15) is 5.78 Å². The summed E-state index contributed by atoms with van der Waals surface area (Å²) in [5, 5.41) is 0. The summed E-state index contributed by atoms with van der Waals surface area (Å²) in [5.74, 6) is 0.339. The molecule has 2 nitrogen and oxygen atoms in total. The second kappa shape index (κ2) is 4.50. The molecule has 0 aliphatic carbocycles. The van der Waals surface area contributed by atoms with Crippen molar-refractivity contribution in [2.24, 2.45) is 0 Å². The number of rotatable bonds is 0. The van der Waals surface area contributed by atoms with E-state index in [0.717, 1.165) is 0 Å². The van der Waals surface area contributed by atoms with Crippen molar-refractivity contribution >= 4 is 35.3 Å². The van der Waals surface area contributed by atoms with Crippen molar-refractivity contribution in [1.29, 1.82) is 0 Å². The summed E-state index contributed by atoms with van der Waals surface area (Å²) in [5.41, 5.74) is 0. The molecule has 42 valence electrons. The molecule has 1 saturated heterocycles. The zero-order valence-electron chi connectivity index (χ0n) is 4.14. The van der Waals surface area contributed by atoms with Crippen LogP contribution in [0.4, 0.5) is 0 Å². The summed E-state index contributed by atoms with van der Waals surface area (Å²) in [7, 11) is 0. The van der Waals surface area contributed by atoms with Crippen molar-refractivity contribution in [3.05, 3.63) is 0 Å². The SMILES string of the molecule is O=C1CCOCC1.[NaH]. The molecule has 3 heteroatoms. The van der Waals surface area contributed by atoms with Crippen LogP contribution in [0.15, 0.2) is 0 Å². The first-order chi connectivity index (χ1) is 3.39. The summed E-state index contributed by atoms with van der Waals surface area (Å²) in [6.07, 6.45) is 1.25. The topological polar surface area (TPSA) is 26.3 Å². The molecule has 0 radical (unpaired) electrons. The van der Waals surface area contributed by atoms with Crippen LogP contribution in [0.1, 0.15) is 12.8 Å². The number of carbonyl (C=O) groups excluding carboxylic acids is 1. The van der Waals surface area contributed by atoms with E-state index in [2.05, 4.69) is 0 Å². The van der Waals surface area contributed by atoms with Crippen LogP contribution in [0.2, 0.25) is 0 Å². The molecule has 0 bridgehead atoms. The number of hydrogen-bond donors (Lipinski definition) is 0. The summed E-state index contributed by atoms with van der Waals surface area (Å²) < 4.78 is 4.92. The van der Waals surface area contributed by atoms with Gasteiger partial charge in [-0.3, -0.25) is 4.79 Å². The van der Waals surface area contributed by atoms with Gasteiger partial charge in [-0.1, -0.05) is 0 Å². The van der Waals surface area contributed by atoms with Crippen LogP contribution < -0.4 is 0 Å². The standard InChI is InChI=1S/C5H8O2.Na.H/c6-5-1-3-7-4-2-5;;/h1-4H2;;. The summed E-state index contributed by atoms with van der Waals surface area (Å²) in [6.45, 7) is 1.28. The molecule has 1 aliphatic rings. The fourth-order valence-corrected chi connectivity index (χ4v) is 0.599. The average molecular weight is 124 g/mol. The van der Waals surface area contributed by atoms with Gasteiger partial charge in [-0.2, -0.15) is 0 Å². The maximum absolute atomic E-state index is 10.4. The van der Waals surface area contributed by atoms with Gasteiger partial charge in [-0.15, -0.1) is 0 Å². The summed E-state index contributed by atoms with van der Waals surface area (Å²) in [6, 6.07) is 0. The Morgan fingerprint density at radius 1 is 1.25 bits per heavy atom. The number of ketones is 1. The zero-order valence-corrected chi connectivity index (χ0v) is 4.14. The van der Waals surface area contributed by atoms with Gasteiger partial charge in [0.05, 0.1) is 13.2 Å². The Labute approximate surface area is 70.9 Å². The number of ether oxygens (including phenoxy) is 1. The second-order valence-corrected chi connectivity index (χ2v) is 1.65. The summed E-state index contributed by atoms with van der Waals surface area (Å²) in [4.78, 5) is 10.4. The molecular weight excluding hydrogens is 115 g/mol. The molecule has 0 unspecified atom stereocenters. The van der Waals surface area contributed by atoms with Crippen LogP contribution in [0.25, 0.3) is 0 Å². The third-order valence-electron chi connectivity index (χ3n) is 1.05. The number of Topliss-reactive ketones (excluding diaryl/α,β-unsaturated/α-hetero) is 1. The zero-order chi connectivity index (χ0) is 5.11. The van der Waals surface area contributed by atoms with Gasteiger partial charge in [0.2, 0.25) is 0 Å². The van der Waals surface area contributed by atoms with Crippen molar-refractivity contribution in [2.45, 2.75) is 12.8 Å². The second-order valence-electron chi connectivity index (χ2n) is 1.65. The predicted molar refractivity (Wildman–Crippen MR) is 32.2 cm³/mol. The average Bonchev–Trinajstić information content (AvgIpc) is 1.69. The minimum atomic E-state index is 0. The first-order valence-corrected chi connectivity index (χ1v) is 2.49. The first kappa shape index (κ1) is 8.63. The first-order valence-electron chi connectivity index (χ1n) is 2.49. The molecule has 1 rings (SSSR count). The molecule has 0 N–H and O–H groups in total. The number of carbonyl (C=O) groups is 1. The minimum absolute atomic E-state index is 0. The Balaban J connectivity index is 0.000000490. The van der Waals surface area contributed by atoms with Crippen LogP contribution >= 0.6 is 0 Å². The van der Waals surface area contributed by atoms with Crippen LogP contribution in [0.3, 0.4) is 0 Å². The van der Waals surface area contributed by atoms with E-state index in [0.29, 0.717) is 31.8 Å². The van der Waals surface area contributed by atoms with E-state index in [1.165, 1.54) is 0 Å². The number of hydrogen-bond acceptors (Lipinski definition) is 2. The molecule has 0 spiro atoms. The van der Waals surface area contributed by atoms with Crippen LogP contribution in [0, 0.1) is 0 Å². The normalized spacial score (nSPS) is 19.8. The molecule has 1 aliphatic heterocycles. The van der Waals surface area contributed by atoms with Gasteiger partial charge in [0.25, 0.3) is 0 Å². The van der Waals surface area contributed by atoms with Gasteiger partial charge in [0.15, 0.2) is 0 Å². The monoisotopic (exact) mass is 124 g/mol. The van der Waals surface area contributed by atoms with Crippen LogP contribution in [0.5, 0.6) is 0 Å². The van der Waals surface area contributed by atoms with Gasteiger partial charge < -0.3 is 4.74 Å². The Hall–Kier alpha value is 0.630. The van der Waals surface area contributed by atoms with Crippen LogP contribution in [-0.4, -0.2) is 48.6 Å². The molecule has 0 amide bonds. The van der Waals surface area contributed by atoms with Crippen molar-refractivity contribution < 1.29 is 9.53 Å². The van der Waals surface area contributed by atoms with E-state index < -0.39 is 0 Å². The van der Waals surface area contributed by atoms with Crippen molar-refractivity contribution in [3.8, 4) is 0 Å².